The Labute approximate surface area is 131 Å². The minimum Gasteiger partial charge on any atom is -0.344 e. The lowest BCUT2D eigenvalue weighted by Gasteiger charge is -2.22. The van der Waals surface area contributed by atoms with Gasteiger partial charge in [-0.15, -0.1) is 0 Å². The summed E-state index contributed by atoms with van der Waals surface area (Å²) < 4.78 is 0. The van der Waals surface area contributed by atoms with Gasteiger partial charge in [-0.3, -0.25) is 9.59 Å². The van der Waals surface area contributed by atoms with Gasteiger partial charge < -0.3 is 10.2 Å². The number of hydrogen-bond donors (Lipinski definition) is 2. The molecule has 1 aliphatic heterocycles. The van der Waals surface area contributed by atoms with Crippen LogP contribution in [0.25, 0.3) is 0 Å². The number of amides is 2. The number of thiol groups is 1. The third-order valence-electron chi connectivity index (χ3n) is 3.72. The van der Waals surface area contributed by atoms with E-state index in [2.05, 4.69) is 17.9 Å². The lowest BCUT2D eigenvalue weighted by molar-refractivity contribution is -0.134. The summed E-state index contributed by atoms with van der Waals surface area (Å²) >= 11 is 4.35. The van der Waals surface area contributed by atoms with E-state index in [1.54, 1.807) is 6.92 Å². The van der Waals surface area contributed by atoms with Crippen LogP contribution in [0.3, 0.4) is 0 Å². The Morgan fingerprint density at radius 3 is 2.48 bits per heavy atom. The van der Waals surface area contributed by atoms with Gasteiger partial charge in [0.2, 0.25) is 11.8 Å². The molecule has 0 saturated carbocycles. The maximum atomic E-state index is 12.1. The number of rotatable bonds is 5. The summed E-state index contributed by atoms with van der Waals surface area (Å²) in [6.07, 6.45) is 2.66. The van der Waals surface area contributed by atoms with Gasteiger partial charge in [-0.2, -0.15) is 12.6 Å². The molecular weight excluding hydrogens is 284 g/mol. The molecule has 4 nitrogen and oxygen atoms in total. The van der Waals surface area contributed by atoms with E-state index in [1.807, 2.05) is 35.2 Å². The minimum atomic E-state index is -0.485. The molecule has 0 aliphatic carbocycles. The molecule has 0 aromatic heterocycles. The Hall–Kier alpha value is -1.49. The van der Waals surface area contributed by atoms with Gasteiger partial charge in [-0.05, 0) is 31.7 Å². The Balaban J connectivity index is 1.83. The maximum Gasteiger partial charge on any atom is 0.244 e. The second-order valence-electron chi connectivity index (χ2n) is 5.47. The van der Waals surface area contributed by atoms with Crippen LogP contribution in [0.4, 0.5) is 0 Å². The third kappa shape index (κ3) is 4.49. The highest BCUT2D eigenvalue weighted by Crippen LogP contribution is 2.11. The molecule has 0 spiro atoms. The lowest BCUT2D eigenvalue weighted by atomic mass is 10.1. The summed E-state index contributed by atoms with van der Waals surface area (Å²) in [6, 6.07) is 9.26. The highest BCUT2D eigenvalue weighted by molar-refractivity contribution is 7.81. The summed E-state index contributed by atoms with van der Waals surface area (Å²) in [5.74, 6) is -0.191. The van der Waals surface area contributed by atoms with Gasteiger partial charge in [-0.1, -0.05) is 30.3 Å². The van der Waals surface area contributed by atoms with E-state index >= 15 is 0 Å². The summed E-state index contributed by atoms with van der Waals surface area (Å²) in [5, 5.41) is 2.33. The molecule has 0 bridgehead atoms. The van der Waals surface area contributed by atoms with Crippen molar-refractivity contribution in [3.05, 3.63) is 35.9 Å². The first-order valence-corrected chi connectivity index (χ1v) is 7.90. The number of likely N-dealkylation sites (tertiary alicyclic amines) is 1. The fraction of sp³-hybridized carbons (Fsp3) is 0.500. The predicted octanol–water partition coefficient (Wildman–Crippen LogP) is 1.65. The number of hydrogen-bond acceptors (Lipinski definition) is 3. The van der Waals surface area contributed by atoms with Crippen LogP contribution < -0.4 is 5.32 Å². The Morgan fingerprint density at radius 1 is 1.24 bits per heavy atom. The van der Waals surface area contributed by atoms with E-state index < -0.39 is 11.3 Å². The van der Waals surface area contributed by atoms with Crippen molar-refractivity contribution >= 4 is 24.4 Å². The molecule has 2 atom stereocenters. The molecular formula is C16H22N2O2S. The van der Waals surface area contributed by atoms with E-state index in [4.69, 9.17) is 0 Å². The van der Waals surface area contributed by atoms with Gasteiger partial charge in [0.15, 0.2) is 0 Å². The average Bonchev–Trinajstić information content (AvgIpc) is 3.01. The van der Waals surface area contributed by atoms with Crippen LogP contribution in [0.2, 0.25) is 0 Å². The Morgan fingerprint density at radius 2 is 1.86 bits per heavy atom. The normalized spacial score (nSPS) is 17.3. The predicted molar refractivity (Wildman–Crippen MR) is 86.3 cm³/mol. The molecule has 21 heavy (non-hydrogen) atoms. The minimum absolute atomic E-state index is 0.00101. The molecule has 2 amide bonds. The maximum absolute atomic E-state index is 12.1. The monoisotopic (exact) mass is 306 g/mol. The van der Waals surface area contributed by atoms with E-state index in [9.17, 15) is 9.59 Å². The number of nitrogens with one attached hydrogen (secondary N) is 1. The first kappa shape index (κ1) is 15.9. The summed E-state index contributed by atoms with van der Waals surface area (Å²) in [5.41, 5.74) is 1.06. The fourth-order valence-electron chi connectivity index (χ4n) is 2.51. The first-order chi connectivity index (χ1) is 10.1. The van der Waals surface area contributed by atoms with Crippen molar-refractivity contribution < 1.29 is 9.59 Å². The van der Waals surface area contributed by atoms with Crippen molar-refractivity contribution in [1.29, 1.82) is 0 Å². The molecule has 1 heterocycles. The smallest absolute Gasteiger partial charge is 0.244 e. The van der Waals surface area contributed by atoms with Crippen LogP contribution in [0, 0.1) is 0 Å². The van der Waals surface area contributed by atoms with E-state index in [-0.39, 0.29) is 11.8 Å². The Kier molecular flexibility index (Phi) is 5.67. The summed E-state index contributed by atoms with van der Waals surface area (Å²) in [4.78, 5) is 26.1. The van der Waals surface area contributed by atoms with Crippen molar-refractivity contribution in [1.82, 2.24) is 10.2 Å². The van der Waals surface area contributed by atoms with Crippen LogP contribution in [0.5, 0.6) is 0 Å². The quantitative estimate of drug-likeness (QED) is 0.813. The van der Waals surface area contributed by atoms with Crippen LogP contribution in [-0.4, -0.2) is 41.1 Å². The van der Waals surface area contributed by atoms with Crippen molar-refractivity contribution in [2.24, 2.45) is 0 Å². The molecule has 0 unspecified atom stereocenters. The van der Waals surface area contributed by atoms with E-state index in [0.717, 1.165) is 31.5 Å². The molecule has 5 heteroatoms. The van der Waals surface area contributed by atoms with Crippen molar-refractivity contribution in [3.8, 4) is 0 Å². The molecule has 1 aromatic rings. The molecule has 2 rings (SSSR count). The van der Waals surface area contributed by atoms with Crippen LogP contribution in [0.15, 0.2) is 30.3 Å². The second kappa shape index (κ2) is 7.50. The zero-order valence-electron chi connectivity index (χ0n) is 12.3. The number of carbonyl (C=O) groups excluding carboxylic acids is 2. The van der Waals surface area contributed by atoms with Crippen molar-refractivity contribution in [2.45, 2.75) is 37.5 Å². The molecule has 1 fully saturated rings. The lowest BCUT2D eigenvalue weighted by Crippen LogP contribution is -2.48. The van der Waals surface area contributed by atoms with Gasteiger partial charge in [0.1, 0.15) is 6.04 Å². The highest BCUT2D eigenvalue weighted by atomic mass is 32.1. The SMILES string of the molecule is C[C@H](NC(=O)[C@@H](S)Cc1ccccc1)C(=O)N1CCCC1. The third-order valence-corrected chi connectivity index (χ3v) is 4.14. The first-order valence-electron chi connectivity index (χ1n) is 7.39. The summed E-state index contributed by atoms with van der Waals surface area (Å²) in [6.45, 7) is 3.34. The van der Waals surface area contributed by atoms with E-state index in [0.29, 0.717) is 6.42 Å². The van der Waals surface area contributed by atoms with Crippen LogP contribution in [0.1, 0.15) is 25.3 Å². The molecule has 1 aliphatic rings. The van der Waals surface area contributed by atoms with Gasteiger partial charge in [0.25, 0.3) is 0 Å². The van der Waals surface area contributed by atoms with Crippen molar-refractivity contribution in [3.63, 3.8) is 0 Å². The summed E-state index contributed by atoms with van der Waals surface area (Å²) in [7, 11) is 0. The van der Waals surface area contributed by atoms with Crippen LogP contribution >= 0.6 is 12.6 Å². The molecule has 1 N–H and O–H groups in total. The number of benzene rings is 1. The van der Waals surface area contributed by atoms with Gasteiger partial charge in [-0.25, -0.2) is 0 Å². The standard InChI is InChI=1S/C16H22N2O2S/c1-12(16(20)18-9-5-6-10-18)17-15(19)14(21)11-13-7-3-2-4-8-13/h2-4,7-8,12,14,21H,5-6,9-11H2,1H3,(H,17,19)/t12-,14-/m0/s1. The average molecular weight is 306 g/mol. The molecule has 114 valence electrons. The van der Waals surface area contributed by atoms with Crippen LogP contribution in [-0.2, 0) is 16.0 Å². The largest absolute Gasteiger partial charge is 0.344 e. The van der Waals surface area contributed by atoms with E-state index in [1.165, 1.54) is 0 Å². The zero-order valence-corrected chi connectivity index (χ0v) is 13.2. The zero-order chi connectivity index (χ0) is 15.2. The molecule has 1 aromatic carbocycles. The number of nitrogens with zero attached hydrogens (tertiary/aromatic N) is 1. The van der Waals surface area contributed by atoms with Gasteiger partial charge in [0.05, 0.1) is 5.25 Å². The van der Waals surface area contributed by atoms with Gasteiger partial charge in [0, 0.05) is 13.1 Å². The fourth-order valence-corrected chi connectivity index (χ4v) is 2.80. The van der Waals surface area contributed by atoms with Gasteiger partial charge >= 0.3 is 0 Å². The Bertz CT molecular complexity index is 486. The molecule has 0 radical (unpaired) electrons. The topological polar surface area (TPSA) is 49.4 Å². The highest BCUT2D eigenvalue weighted by Gasteiger charge is 2.25. The molecule has 1 saturated heterocycles. The number of carbonyl (C=O) groups is 2. The van der Waals surface area contributed by atoms with Crippen molar-refractivity contribution in [2.75, 3.05) is 13.1 Å². The second-order valence-corrected chi connectivity index (χ2v) is 6.09.